The molecule has 33 heavy (non-hydrogen) atoms. The number of nitrogens with one attached hydrogen (secondary N) is 2. The second-order valence-electron chi connectivity index (χ2n) is 7.76. The molecule has 1 fully saturated rings. The third-order valence-corrected chi connectivity index (χ3v) is 5.25. The van der Waals surface area contributed by atoms with Gasteiger partial charge in [0.2, 0.25) is 11.8 Å². The van der Waals surface area contributed by atoms with Gasteiger partial charge in [-0.2, -0.15) is 5.26 Å². The van der Waals surface area contributed by atoms with Crippen LogP contribution in [-0.2, 0) is 9.59 Å². The van der Waals surface area contributed by atoms with Crippen molar-refractivity contribution in [1.29, 1.82) is 5.26 Å². The van der Waals surface area contributed by atoms with Gasteiger partial charge >= 0.3 is 0 Å². The van der Waals surface area contributed by atoms with Crippen molar-refractivity contribution in [3.05, 3.63) is 54.9 Å². The van der Waals surface area contributed by atoms with Gasteiger partial charge in [-0.3, -0.25) is 19.6 Å². The summed E-state index contributed by atoms with van der Waals surface area (Å²) in [4.78, 5) is 43.1. The van der Waals surface area contributed by atoms with Gasteiger partial charge in [-0.05, 0) is 38.0 Å². The quantitative estimate of drug-likeness (QED) is 0.570. The minimum Gasteiger partial charge on any atom is -0.372 e. The highest BCUT2D eigenvalue weighted by Gasteiger charge is 2.29. The zero-order valence-electron chi connectivity index (χ0n) is 18.2. The van der Waals surface area contributed by atoms with E-state index in [0.717, 1.165) is 12.8 Å². The molecule has 3 aromatic rings. The molecule has 166 valence electrons. The smallest absolute Gasteiger partial charge is 0.248 e. The van der Waals surface area contributed by atoms with Gasteiger partial charge in [0.15, 0.2) is 11.5 Å². The van der Waals surface area contributed by atoms with E-state index in [0.29, 0.717) is 28.5 Å². The molecule has 0 saturated heterocycles. The fourth-order valence-electron chi connectivity index (χ4n) is 3.18. The summed E-state index contributed by atoms with van der Waals surface area (Å²) in [5, 5.41) is 15.3. The topological polar surface area (TPSA) is 137 Å². The minimum absolute atomic E-state index is 0.0431. The third-order valence-electron chi connectivity index (χ3n) is 5.25. The molecule has 0 aliphatic heterocycles. The maximum atomic E-state index is 12.9. The van der Waals surface area contributed by atoms with Crippen LogP contribution in [0.15, 0.2) is 49.2 Å². The first kappa shape index (κ1) is 21.8. The van der Waals surface area contributed by atoms with E-state index in [1.54, 1.807) is 44.6 Å². The van der Waals surface area contributed by atoms with Crippen molar-refractivity contribution >= 4 is 29.0 Å². The molecule has 2 amide bonds. The number of carbonyl (C=O) groups excluding carboxylic acids is 2. The Balaban J connectivity index is 1.50. The van der Waals surface area contributed by atoms with Crippen LogP contribution in [0.5, 0.6) is 0 Å². The van der Waals surface area contributed by atoms with Crippen LogP contribution < -0.4 is 15.5 Å². The maximum absolute atomic E-state index is 12.9. The SMILES string of the molecule is CC(Nc1cc(-c2cnc(NC(=O)C3CC3)cn2)cnc1C#N)C(=O)N(C)c1cccnc1. The number of hydrogen-bond donors (Lipinski definition) is 2. The molecule has 1 unspecified atom stereocenters. The molecular formula is C23H22N8O2. The van der Waals surface area contributed by atoms with Crippen LogP contribution in [0.4, 0.5) is 17.2 Å². The molecule has 1 saturated carbocycles. The highest BCUT2D eigenvalue weighted by atomic mass is 16.2. The monoisotopic (exact) mass is 442 g/mol. The standard InChI is InChI=1S/C23H22N8O2/c1-14(23(33)31(2)17-4-3-7-25-11-17)29-18-8-16(10-26-19(18)9-24)20-12-28-21(13-27-20)30-22(32)15-5-6-15/h3-4,7-8,10-15,29H,5-6H2,1-2H3,(H,28,30,32). The van der Waals surface area contributed by atoms with E-state index in [1.807, 2.05) is 6.07 Å². The number of amides is 2. The molecule has 10 heteroatoms. The summed E-state index contributed by atoms with van der Waals surface area (Å²) in [6.45, 7) is 1.71. The molecular weight excluding hydrogens is 420 g/mol. The summed E-state index contributed by atoms with van der Waals surface area (Å²) in [7, 11) is 1.66. The number of carbonyl (C=O) groups is 2. The normalized spacial score (nSPS) is 13.5. The first-order chi connectivity index (χ1) is 16.0. The number of pyridine rings is 2. The van der Waals surface area contributed by atoms with E-state index in [-0.39, 0.29) is 23.4 Å². The zero-order valence-corrected chi connectivity index (χ0v) is 18.2. The molecule has 1 aliphatic carbocycles. The van der Waals surface area contributed by atoms with Crippen LogP contribution in [0.2, 0.25) is 0 Å². The van der Waals surface area contributed by atoms with Crippen LogP contribution in [0.25, 0.3) is 11.3 Å². The average Bonchev–Trinajstić information content (AvgIpc) is 3.70. The second-order valence-corrected chi connectivity index (χ2v) is 7.76. The van der Waals surface area contributed by atoms with Crippen molar-refractivity contribution in [1.82, 2.24) is 19.9 Å². The van der Waals surface area contributed by atoms with E-state index in [2.05, 4.69) is 30.6 Å². The molecule has 0 spiro atoms. The highest BCUT2D eigenvalue weighted by molar-refractivity contribution is 5.98. The highest BCUT2D eigenvalue weighted by Crippen LogP contribution is 2.30. The molecule has 1 aliphatic rings. The summed E-state index contributed by atoms with van der Waals surface area (Å²) in [5.41, 5.74) is 2.36. The van der Waals surface area contributed by atoms with Gasteiger partial charge < -0.3 is 15.5 Å². The summed E-state index contributed by atoms with van der Waals surface area (Å²) < 4.78 is 0. The number of nitrogens with zero attached hydrogens (tertiary/aromatic N) is 6. The first-order valence-electron chi connectivity index (χ1n) is 10.4. The van der Waals surface area contributed by atoms with Gasteiger partial charge in [-0.1, -0.05) is 0 Å². The third kappa shape index (κ3) is 5.10. The number of hydrogen-bond acceptors (Lipinski definition) is 8. The van der Waals surface area contributed by atoms with Gasteiger partial charge in [0.1, 0.15) is 12.1 Å². The predicted molar refractivity (Wildman–Crippen MR) is 122 cm³/mol. The van der Waals surface area contributed by atoms with E-state index in [1.165, 1.54) is 23.5 Å². The van der Waals surface area contributed by atoms with Crippen molar-refractivity contribution in [3.8, 4) is 17.3 Å². The van der Waals surface area contributed by atoms with E-state index >= 15 is 0 Å². The predicted octanol–water partition coefficient (Wildman–Crippen LogP) is 2.62. The van der Waals surface area contributed by atoms with Crippen molar-refractivity contribution in [3.63, 3.8) is 0 Å². The van der Waals surface area contributed by atoms with Gasteiger partial charge in [-0.15, -0.1) is 0 Å². The van der Waals surface area contributed by atoms with Gasteiger partial charge in [0, 0.05) is 30.9 Å². The Hall–Kier alpha value is -4.39. The number of aromatic nitrogens is 4. The van der Waals surface area contributed by atoms with E-state index in [4.69, 9.17) is 0 Å². The maximum Gasteiger partial charge on any atom is 0.248 e. The molecule has 0 radical (unpaired) electrons. The molecule has 3 heterocycles. The van der Waals surface area contributed by atoms with Crippen LogP contribution >= 0.6 is 0 Å². The lowest BCUT2D eigenvalue weighted by atomic mass is 10.1. The minimum atomic E-state index is -0.634. The van der Waals surface area contributed by atoms with Crippen LogP contribution in [0, 0.1) is 17.2 Å². The van der Waals surface area contributed by atoms with Gasteiger partial charge in [0.05, 0.1) is 35.7 Å². The van der Waals surface area contributed by atoms with E-state index in [9.17, 15) is 14.9 Å². The van der Waals surface area contributed by atoms with Crippen molar-refractivity contribution in [2.24, 2.45) is 5.92 Å². The molecule has 0 aromatic carbocycles. The first-order valence-corrected chi connectivity index (χ1v) is 10.4. The lowest BCUT2D eigenvalue weighted by Crippen LogP contribution is -2.39. The molecule has 0 bridgehead atoms. The number of anilines is 3. The Morgan fingerprint density at radius 1 is 1.18 bits per heavy atom. The van der Waals surface area contributed by atoms with Gasteiger partial charge in [-0.25, -0.2) is 9.97 Å². The second kappa shape index (κ2) is 9.40. The lowest BCUT2D eigenvalue weighted by Gasteiger charge is -2.23. The van der Waals surface area contributed by atoms with Gasteiger partial charge in [0.25, 0.3) is 0 Å². The number of nitriles is 1. The Morgan fingerprint density at radius 2 is 2.00 bits per heavy atom. The Kier molecular flexibility index (Phi) is 6.22. The fraction of sp³-hybridized carbons (Fsp3) is 0.261. The summed E-state index contributed by atoms with van der Waals surface area (Å²) >= 11 is 0. The van der Waals surface area contributed by atoms with Crippen LogP contribution in [-0.4, -0.2) is 44.8 Å². The summed E-state index contributed by atoms with van der Waals surface area (Å²) in [6, 6.07) is 6.64. The van der Waals surface area contributed by atoms with Crippen molar-refractivity contribution in [2.75, 3.05) is 22.6 Å². The Labute approximate surface area is 190 Å². The van der Waals surface area contributed by atoms with Crippen LogP contribution in [0.1, 0.15) is 25.5 Å². The Bertz CT molecular complexity index is 1200. The molecule has 1 atom stereocenters. The number of rotatable bonds is 7. The van der Waals surface area contributed by atoms with Crippen LogP contribution in [0.3, 0.4) is 0 Å². The lowest BCUT2D eigenvalue weighted by molar-refractivity contribution is -0.119. The molecule has 4 rings (SSSR count). The van der Waals surface area contributed by atoms with Crippen molar-refractivity contribution in [2.45, 2.75) is 25.8 Å². The summed E-state index contributed by atoms with van der Waals surface area (Å²) in [6.07, 6.45) is 9.58. The largest absolute Gasteiger partial charge is 0.372 e. The zero-order chi connectivity index (χ0) is 23.4. The van der Waals surface area contributed by atoms with E-state index < -0.39 is 6.04 Å². The Morgan fingerprint density at radius 3 is 2.64 bits per heavy atom. The average molecular weight is 442 g/mol. The summed E-state index contributed by atoms with van der Waals surface area (Å²) in [5.74, 6) is 0.212. The molecule has 10 nitrogen and oxygen atoms in total. The molecule has 3 aromatic heterocycles. The number of likely N-dealkylation sites (N-methyl/N-ethyl adjacent to an activating group) is 1. The molecule has 2 N–H and O–H groups in total. The van der Waals surface area contributed by atoms with Crippen molar-refractivity contribution < 1.29 is 9.59 Å². The fourth-order valence-corrected chi connectivity index (χ4v) is 3.18.